The average molecular weight is 490 g/mol. The fraction of sp³-hybridized carbons (Fsp3) is 0.400. The van der Waals surface area contributed by atoms with Crippen LogP contribution in [0.3, 0.4) is 0 Å². The molecule has 0 spiro atoms. The fourth-order valence-corrected chi connectivity index (χ4v) is 4.49. The summed E-state index contributed by atoms with van der Waals surface area (Å²) in [6.07, 6.45) is 3.45. The molecule has 6 heteroatoms. The van der Waals surface area contributed by atoms with Crippen LogP contribution in [-0.4, -0.2) is 31.7 Å². The number of carbonyl (C=O) groups excluding carboxylic acids is 2. The molecule has 3 aromatic carbocycles. The van der Waals surface area contributed by atoms with Crippen molar-refractivity contribution in [2.45, 2.75) is 59.1 Å². The Labute approximate surface area is 213 Å². The highest BCUT2D eigenvalue weighted by Crippen LogP contribution is 2.46. The second-order valence-electron chi connectivity index (χ2n) is 8.99. The number of hydrogen-bond donors (Lipinski definition) is 0. The molecular weight excluding hydrogens is 454 g/mol. The summed E-state index contributed by atoms with van der Waals surface area (Å²) in [6.45, 7) is 7.50. The van der Waals surface area contributed by atoms with Crippen molar-refractivity contribution in [3.63, 3.8) is 0 Å². The predicted octanol–water partition coefficient (Wildman–Crippen LogP) is 6.60. The lowest BCUT2D eigenvalue weighted by Crippen LogP contribution is -2.29. The molecule has 1 aliphatic heterocycles. The van der Waals surface area contributed by atoms with E-state index in [4.69, 9.17) is 14.2 Å². The van der Waals surface area contributed by atoms with Gasteiger partial charge in [-0.2, -0.15) is 0 Å². The third-order valence-electron chi connectivity index (χ3n) is 6.36. The largest absolute Gasteiger partial charge is 0.492 e. The Hall–Kier alpha value is -3.38. The van der Waals surface area contributed by atoms with Crippen molar-refractivity contribution >= 4 is 28.3 Å². The summed E-state index contributed by atoms with van der Waals surface area (Å²) >= 11 is 0. The van der Waals surface area contributed by atoms with Crippen LogP contribution in [0.25, 0.3) is 10.8 Å². The summed E-state index contributed by atoms with van der Waals surface area (Å²) in [5.74, 6) is 0.347. The van der Waals surface area contributed by atoms with E-state index >= 15 is 0 Å². The van der Waals surface area contributed by atoms with Gasteiger partial charge in [0, 0.05) is 17.7 Å². The monoisotopic (exact) mass is 489 g/mol. The van der Waals surface area contributed by atoms with Crippen LogP contribution >= 0.6 is 0 Å². The lowest BCUT2D eigenvalue weighted by Gasteiger charge is -2.27. The molecule has 1 unspecified atom stereocenters. The molecule has 1 atom stereocenters. The molecular formula is C30H35NO5. The second-order valence-corrected chi connectivity index (χ2v) is 8.99. The van der Waals surface area contributed by atoms with Crippen molar-refractivity contribution in [3.05, 3.63) is 71.3 Å². The number of carbonyl (C=O) groups is 2. The van der Waals surface area contributed by atoms with Crippen LogP contribution in [0.15, 0.2) is 54.6 Å². The number of esters is 1. The lowest BCUT2D eigenvalue weighted by molar-refractivity contribution is -0.142. The number of hydrogen-bond acceptors (Lipinski definition) is 5. The smallest absolute Gasteiger partial charge is 0.310 e. The van der Waals surface area contributed by atoms with Crippen molar-refractivity contribution in [1.29, 1.82) is 0 Å². The molecule has 0 fully saturated rings. The van der Waals surface area contributed by atoms with Crippen LogP contribution < -0.4 is 9.64 Å². The van der Waals surface area contributed by atoms with Crippen molar-refractivity contribution < 1.29 is 23.8 Å². The maximum absolute atomic E-state index is 13.8. The zero-order valence-corrected chi connectivity index (χ0v) is 21.4. The van der Waals surface area contributed by atoms with E-state index in [0.717, 1.165) is 53.3 Å². The van der Waals surface area contributed by atoms with Crippen molar-refractivity contribution in [2.24, 2.45) is 0 Å². The molecule has 36 heavy (non-hydrogen) atoms. The SMILES string of the molecule is CCCCOc1c2c(cc3ccccc13)C(=O)N(c1ccc(CC(=O)OCC)cc1)C2OCCCC. The Kier molecular flexibility index (Phi) is 8.60. The zero-order valence-electron chi connectivity index (χ0n) is 21.4. The van der Waals surface area contributed by atoms with E-state index < -0.39 is 6.23 Å². The molecule has 1 heterocycles. The molecule has 0 aliphatic carbocycles. The number of ether oxygens (including phenoxy) is 3. The van der Waals surface area contributed by atoms with Gasteiger partial charge in [-0.1, -0.05) is 63.1 Å². The van der Waals surface area contributed by atoms with Crippen LogP contribution in [-0.2, 0) is 20.7 Å². The molecule has 190 valence electrons. The maximum atomic E-state index is 13.8. The third kappa shape index (κ3) is 5.39. The van der Waals surface area contributed by atoms with Gasteiger partial charge in [-0.25, -0.2) is 0 Å². The zero-order chi connectivity index (χ0) is 25.5. The Morgan fingerprint density at radius 3 is 2.39 bits per heavy atom. The predicted molar refractivity (Wildman–Crippen MR) is 142 cm³/mol. The summed E-state index contributed by atoms with van der Waals surface area (Å²) in [5, 5.41) is 1.95. The Bertz CT molecular complexity index is 1200. The summed E-state index contributed by atoms with van der Waals surface area (Å²) < 4.78 is 17.8. The molecule has 1 amide bonds. The van der Waals surface area contributed by atoms with Gasteiger partial charge in [0.2, 0.25) is 0 Å². The van der Waals surface area contributed by atoms with E-state index in [2.05, 4.69) is 13.8 Å². The van der Waals surface area contributed by atoms with Gasteiger partial charge >= 0.3 is 5.97 Å². The van der Waals surface area contributed by atoms with E-state index in [1.165, 1.54) is 0 Å². The number of anilines is 1. The van der Waals surface area contributed by atoms with Gasteiger partial charge in [0.05, 0.1) is 30.8 Å². The van der Waals surface area contributed by atoms with Gasteiger partial charge in [0.1, 0.15) is 5.75 Å². The van der Waals surface area contributed by atoms with Gasteiger partial charge in [-0.15, -0.1) is 0 Å². The van der Waals surface area contributed by atoms with E-state index in [1.54, 1.807) is 11.8 Å². The minimum Gasteiger partial charge on any atom is -0.492 e. The lowest BCUT2D eigenvalue weighted by atomic mass is 10.00. The summed E-state index contributed by atoms with van der Waals surface area (Å²) in [7, 11) is 0. The number of nitrogens with zero attached hydrogens (tertiary/aromatic N) is 1. The molecule has 3 aromatic rings. The van der Waals surface area contributed by atoms with Crippen molar-refractivity contribution in [1.82, 2.24) is 0 Å². The molecule has 6 nitrogen and oxygen atoms in total. The van der Waals surface area contributed by atoms with Crippen LogP contribution in [0.2, 0.25) is 0 Å². The first kappa shape index (κ1) is 25.7. The quantitative estimate of drug-likeness (QED) is 0.212. The van der Waals surface area contributed by atoms with Crippen LogP contribution in [0.1, 0.15) is 74.2 Å². The Balaban J connectivity index is 1.75. The average Bonchev–Trinajstić information content (AvgIpc) is 3.15. The number of benzene rings is 3. The minimum atomic E-state index is -0.587. The van der Waals surface area contributed by atoms with Crippen molar-refractivity contribution in [3.8, 4) is 5.75 Å². The first-order chi connectivity index (χ1) is 17.6. The standard InChI is InChI=1S/C30H35NO5/c1-4-7-17-35-28-24-12-10-9-11-22(24)20-25-27(28)30(36-18-8-5-2)31(29(25)33)23-15-13-21(14-16-23)19-26(32)34-6-3/h9-16,20,30H,4-8,17-19H2,1-3H3. The molecule has 0 N–H and O–H groups in total. The molecule has 0 aromatic heterocycles. The fourth-order valence-electron chi connectivity index (χ4n) is 4.49. The van der Waals surface area contributed by atoms with Crippen LogP contribution in [0.5, 0.6) is 5.75 Å². The molecule has 0 saturated carbocycles. The van der Waals surface area contributed by atoms with Gasteiger partial charge in [0.15, 0.2) is 6.23 Å². The summed E-state index contributed by atoms with van der Waals surface area (Å²) in [4.78, 5) is 27.4. The van der Waals surface area contributed by atoms with E-state index in [9.17, 15) is 9.59 Å². The first-order valence-corrected chi connectivity index (χ1v) is 13.0. The van der Waals surface area contributed by atoms with E-state index in [-0.39, 0.29) is 18.3 Å². The molecule has 0 radical (unpaired) electrons. The van der Waals surface area contributed by atoms with Gasteiger partial charge in [0.25, 0.3) is 5.91 Å². The topological polar surface area (TPSA) is 65.1 Å². The van der Waals surface area contributed by atoms with Crippen molar-refractivity contribution in [2.75, 3.05) is 24.7 Å². The Morgan fingerprint density at radius 1 is 0.944 bits per heavy atom. The van der Waals surface area contributed by atoms with Crippen LogP contribution in [0.4, 0.5) is 5.69 Å². The number of fused-ring (bicyclic) bond motifs is 2. The summed E-state index contributed by atoms with van der Waals surface area (Å²) in [5.41, 5.74) is 2.95. The highest BCUT2D eigenvalue weighted by Gasteiger charge is 2.42. The number of unbranched alkanes of at least 4 members (excludes halogenated alkanes) is 2. The Morgan fingerprint density at radius 2 is 1.67 bits per heavy atom. The normalized spacial score (nSPS) is 14.8. The molecule has 4 rings (SSSR count). The highest BCUT2D eigenvalue weighted by molar-refractivity contribution is 6.14. The highest BCUT2D eigenvalue weighted by atomic mass is 16.5. The van der Waals surface area contributed by atoms with E-state index in [0.29, 0.717) is 31.1 Å². The molecule has 1 aliphatic rings. The second kappa shape index (κ2) is 12.0. The van der Waals surface area contributed by atoms with Gasteiger partial charge in [-0.05, 0) is 48.9 Å². The number of rotatable bonds is 12. The number of amides is 1. The minimum absolute atomic E-state index is 0.115. The van der Waals surface area contributed by atoms with Gasteiger partial charge < -0.3 is 14.2 Å². The molecule has 0 bridgehead atoms. The maximum Gasteiger partial charge on any atom is 0.310 e. The molecule has 0 saturated heterocycles. The summed E-state index contributed by atoms with van der Waals surface area (Å²) in [6, 6.07) is 17.4. The first-order valence-electron chi connectivity index (χ1n) is 13.0. The third-order valence-corrected chi connectivity index (χ3v) is 6.36. The van der Waals surface area contributed by atoms with Crippen LogP contribution in [0, 0.1) is 0 Å². The van der Waals surface area contributed by atoms with Gasteiger partial charge in [-0.3, -0.25) is 14.5 Å². The van der Waals surface area contributed by atoms with E-state index in [1.807, 2.05) is 54.6 Å².